The third-order valence-corrected chi connectivity index (χ3v) is 3.41. The van der Waals surface area contributed by atoms with E-state index in [1.54, 1.807) is 11.3 Å². The molecule has 1 heterocycles. The first-order valence-corrected chi connectivity index (χ1v) is 5.48. The van der Waals surface area contributed by atoms with Crippen LogP contribution in [0.1, 0.15) is 0 Å². The number of benzene rings is 1. The number of hydrogen-bond donors (Lipinski definition) is 1. The minimum atomic E-state index is 0.853. The van der Waals surface area contributed by atoms with Gasteiger partial charge in [0.25, 0.3) is 0 Å². The van der Waals surface area contributed by atoms with Gasteiger partial charge in [-0.1, -0.05) is 34.1 Å². The summed E-state index contributed by atoms with van der Waals surface area (Å²) in [7, 11) is 0. The molecule has 66 valence electrons. The number of rotatable bonds is 1. The molecule has 2 N–H and O–H groups in total. The molecule has 2 aromatic rings. The molecule has 0 aliphatic rings. The molecule has 0 fully saturated rings. The SMILES string of the molecule is Nc1ccc(-c2ccccc2Br)s1. The van der Waals surface area contributed by atoms with Crippen LogP contribution in [0.25, 0.3) is 10.4 Å². The maximum atomic E-state index is 5.67. The summed E-state index contributed by atoms with van der Waals surface area (Å²) in [4.78, 5) is 1.20. The van der Waals surface area contributed by atoms with Crippen molar-refractivity contribution in [3.8, 4) is 10.4 Å². The van der Waals surface area contributed by atoms with Crippen molar-refractivity contribution in [2.45, 2.75) is 0 Å². The van der Waals surface area contributed by atoms with E-state index in [4.69, 9.17) is 5.73 Å². The van der Waals surface area contributed by atoms with Gasteiger partial charge in [-0.25, -0.2) is 0 Å². The van der Waals surface area contributed by atoms with Gasteiger partial charge in [0.05, 0.1) is 5.00 Å². The Bertz CT molecular complexity index is 422. The number of halogens is 1. The highest BCUT2D eigenvalue weighted by molar-refractivity contribution is 9.10. The Morgan fingerprint density at radius 1 is 1.08 bits per heavy atom. The van der Waals surface area contributed by atoms with E-state index in [0.717, 1.165) is 9.47 Å². The molecule has 13 heavy (non-hydrogen) atoms. The van der Waals surface area contributed by atoms with E-state index < -0.39 is 0 Å². The zero-order chi connectivity index (χ0) is 9.26. The van der Waals surface area contributed by atoms with Crippen LogP contribution < -0.4 is 5.73 Å². The summed E-state index contributed by atoms with van der Waals surface area (Å²) in [6, 6.07) is 12.1. The molecule has 0 unspecified atom stereocenters. The predicted octanol–water partition coefficient (Wildman–Crippen LogP) is 3.76. The molecule has 0 aliphatic carbocycles. The number of thiophene rings is 1. The summed E-state index contributed by atoms with van der Waals surface area (Å²) >= 11 is 5.11. The Morgan fingerprint density at radius 3 is 2.46 bits per heavy atom. The molecule has 0 atom stereocenters. The van der Waals surface area contributed by atoms with Crippen molar-refractivity contribution in [1.29, 1.82) is 0 Å². The first-order valence-electron chi connectivity index (χ1n) is 3.87. The molecule has 0 radical (unpaired) electrons. The molecule has 0 spiro atoms. The van der Waals surface area contributed by atoms with E-state index in [9.17, 15) is 0 Å². The average molecular weight is 254 g/mol. The lowest BCUT2D eigenvalue weighted by Crippen LogP contribution is -1.74. The average Bonchev–Trinajstić information content (AvgIpc) is 2.53. The molecule has 0 saturated carbocycles. The van der Waals surface area contributed by atoms with Crippen LogP contribution in [0.2, 0.25) is 0 Å². The molecule has 1 aromatic carbocycles. The van der Waals surface area contributed by atoms with Gasteiger partial charge < -0.3 is 5.73 Å². The van der Waals surface area contributed by atoms with Crippen LogP contribution in [0.5, 0.6) is 0 Å². The molecule has 0 saturated heterocycles. The fourth-order valence-electron chi connectivity index (χ4n) is 1.16. The molecule has 0 amide bonds. The second-order valence-corrected chi connectivity index (χ2v) is 4.65. The van der Waals surface area contributed by atoms with Crippen LogP contribution in [-0.4, -0.2) is 0 Å². The topological polar surface area (TPSA) is 26.0 Å². The van der Waals surface area contributed by atoms with E-state index in [-0.39, 0.29) is 0 Å². The summed E-state index contributed by atoms with van der Waals surface area (Å²) in [5.74, 6) is 0. The lowest BCUT2D eigenvalue weighted by Gasteiger charge is -1.99. The van der Waals surface area contributed by atoms with Gasteiger partial charge in [-0.05, 0) is 18.2 Å². The smallest absolute Gasteiger partial charge is 0.0862 e. The fraction of sp³-hybridized carbons (Fsp3) is 0. The molecule has 3 heteroatoms. The molecule has 2 rings (SSSR count). The first kappa shape index (κ1) is 8.78. The van der Waals surface area contributed by atoms with Gasteiger partial charge in [-0.15, -0.1) is 11.3 Å². The number of nitrogens with two attached hydrogens (primary N) is 1. The Morgan fingerprint density at radius 2 is 1.85 bits per heavy atom. The molecular weight excluding hydrogens is 246 g/mol. The Hall–Kier alpha value is -0.800. The van der Waals surface area contributed by atoms with Crippen molar-refractivity contribution >= 4 is 32.3 Å². The van der Waals surface area contributed by atoms with Gasteiger partial charge in [0.1, 0.15) is 0 Å². The Kier molecular flexibility index (Phi) is 2.38. The largest absolute Gasteiger partial charge is 0.391 e. The molecule has 0 bridgehead atoms. The van der Waals surface area contributed by atoms with Gasteiger partial charge in [0.2, 0.25) is 0 Å². The highest BCUT2D eigenvalue weighted by Crippen LogP contribution is 2.34. The fourth-order valence-corrected chi connectivity index (χ4v) is 2.60. The summed E-state index contributed by atoms with van der Waals surface area (Å²) in [6.45, 7) is 0. The van der Waals surface area contributed by atoms with Gasteiger partial charge in [-0.2, -0.15) is 0 Å². The van der Waals surface area contributed by atoms with E-state index in [0.29, 0.717) is 0 Å². The minimum Gasteiger partial charge on any atom is -0.391 e. The van der Waals surface area contributed by atoms with Crippen LogP contribution in [0.3, 0.4) is 0 Å². The van der Waals surface area contributed by atoms with E-state index in [2.05, 4.69) is 22.0 Å². The lowest BCUT2D eigenvalue weighted by atomic mass is 10.2. The van der Waals surface area contributed by atoms with Crippen LogP contribution in [-0.2, 0) is 0 Å². The van der Waals surface area contributed by atoms with Crippen molar-refractivity contribution < 1.29 is 0 Å². The highest BCUT2D eigenvalue weighted by atomic mass is 79.9. The molecule has 1 aromatic heterocycles. The standard InChI is InChI=1S/C10H8BrNS/c11-8-4-2-1-3-7(8)9-5-6-10(12)13-9/h1-6H,12H2. The van der Waals surface area contributed by atoms with Crippen LogP contribution in [0.4, 0.5) is 5.00 Å². The monoisotopic (exact) mass is 253 g/mol. The highest BCUT2D eigenvalue weighted by Gasteiger charge is 2.03. The maximum Gasteiger partial charge on any atom is 0.0862 e. The lowest BCUT2D eigenvalue weighted by molar-refractivity contribution is 1.64. The molecule has 0 aliphatic heterocycles. The van der Waals surface area contributed by atoms with E-state index in [1.807, 2.05) is 30.3 Å². The number of hydrogen-bond acceptors (Lipinski definition) is 2. The van der Waals surface area contributed by atoms with Crippen molar-refractivity contribution in [3.05, 3.63) is 40.9 Å². The van der Waals surface area contributed by atoms with E-state index in [1.165, 1.54) is 10.4 Å². The van der Waals surface area contributed by atoms with Crippen LogP contribution in [0, 0.1) is 0 Å². The van der Waals surface area contributed by atoms with Gasteiger partial charge in [0, 0.05) is 14.9 Å². The normalized spacial score (nSPS) is 10.2. The van der Waals surface area contributed by atoms with Gasteiger partial charge in [0.15, 0.2) is 0 Å². The predicted molar refractivity (Wildman–Crippen MR) is 61.9 cm³/mol. The van der Waals surface area contributed by atoms with E-state index >= 15 is 0 Å². The Balaban J connectivity index is 2.52. The third-order valence-electron chi connectivity index (χ3n) is 1.77. The first-order chi connectivity index (χ1) is 6.27. The Labute approximate surface area is 89.3 Å². The van der Waals surface area contributed by atoms with Crippen LogP contribution >= 0.6 is 27.3 Å². The van der Waals surface area contributed by atoms with Crippen LogP contribution in [0.15, 0.2) is 40.9 Å². The molecule has 1 nitrogen and oxygen atoms in total. The minimum absolute atomic E-state index is 0.853. The van der Waals surface area contributed by atoms with Crippen molar-refractivity contribution in [3.63, 3.8) is 0 Å². The molecular formula is C10H8BrNS. The zero-order valence-corrected chi connectivity index (χ0v) is 9.23. The van der Waals surface area contributed by atoms with Crippen molar-refractivity contribution in [1.82, 2.24) is 0 Å². The third kappa shape index (κ3) is 1.76. The van der Waals surface area contributed by atoms with Gasteiger partial charge in [-0.3, -0.25) is 0 Å². The summed E-state index contributed by atoms with van der Waals surface area (Å²) in [5, 5.41) is 0.853. The van der Waals surface area contributed by atoms with Crippen molar-refractivity contribution in [2.24, 2.45) is 0 Å². The number of nitrogen functional groups attached to an aromatic ring is 1. The maximum absolute atomic E-state index is 5.67. The van der Waals surface area contributed by atoms with Crippen molar-refractivity contribution in [2.75, 3.05) is 5.73 Å². The zero-order valence-electron chi connectivity index (χ0n) is 6.83. The van der Waals surface area contributed by atoms with Gasteiger partial charge >= 0.3 is 0 Å². The second kappa shape index (κ2) is 3.52. The summed E-state index contributed by atoms with van der Waals surface area (Å²) in [6.07, 6.45) is 0. The second-order valence-electron chi connectivity index (χ2n) is 2.68. The quantitative estimate of drug-likeness (QED) is 0.823. The number of anilines is 1. The summed E-state index contributed by atoms with van der Waals surface area (Å²) in [5.41, 5.74) is 6.87. The summed E-state index contributed by atoms with van der Waals surface area (Å²) < 4.78 is 1.11.